The summed E-state index contributed by atoms with van der Waals surface area (Å²) in [7, 11) is -0.905. The third-order valence-electron chi connectivity index (χ3n) is 1.57. The number of hydrogen-bond donors (Lipinski definition) is 0. The normalized spacial score (nSPS) is 10.7. The molecule has 0 N–H and O–H groups in total. The van der Waals surface area contributed by atoms with Crippen molar-refractivity contribution < 1.29 is 9.05 Å². The van der Waals surface area contributed by atoms with Crippen molar-refractivity contribution in [3.05, 3.63) is 35.9 Å². The smallest absolute Gasteiger partial charge is 0.197 e. The molecule has 0 aliphatic carbocycles. The lowest BCUT2D eigenvalue weighted by atomic mass is 10.3. The Bertz CT molecular complexity index is 289. The van der Waals surface area contributed by atoms with Crippen molar-refractivity contribution in [1.29, 1.82) is 0 Å². The third-order valence-corrected chi connectivity index (χ3v) is 2.99. The van der Waals surface area contributed by atoms with Gasteiger partial charge in [0.05, 0.1) is 18.9 Å². The van der Waals surface area contributed by atoms with Crippen LogP contribution in [0.25, 0.3) is 6.08 Å². The molecule has 0 aliphatic heterocycles. The Kier molecular flexibility index (Phi) is 9.11. The Morgan fingerprint density at radius 1 is 1.25 bits per heavy atom. The van der Waals surface area contributed by atoms with E-state index in [2.05, 4.69) is 4.98 Å². The Labute approximate surface area is 100 Å². The molecular formula is C11H16BNO2P. The summed E-state index contributed by atoms with van der Waals surface area (Å²) in [5.74, 6) is 1.94. The minimum atomic E-state index is -0.905. The summed E-state index contributed by atoms with van der Waals surface area (Å²) < 4.78 is 10.9. The van der Waals surface area contributed by atoms with Crippen LogP contribution in [0.15, 0.2) is 30.2 Å². The van der Waals surface area contributed by atoms with Gasteiger partial charge in [-0.1, -0.05) is 6.07 Å². The van der Waals surface area contributed by atoms with Crippen LogP contribution in [0.2, 0.25) is 0 Å². The molecule has 1 aromatic heterocycles. The highest BCUT2D eigenvalue weighted by atomic mass is 31.2. The van der Waals surface area contributed by atoms with E-state index in [1.165, 1.54) is 0 Å². The summed E-state index contributed by atoms with van der Waals surface area (Å²) in [6.45, 7) is 5.25. The van der Waals surface area contributed by atoms with Gasteiger partial charge in [-0.25, -0.2) is 0 Å². The molecule has 0 saturated carbocycles. The molecule has 0 bridgehead atoms. The summed E-state index contributed by atoms with van der Waals surface area (Å²) in [4.78, 5) is 4.18. The van der Waals surface area contributed by atoms with Crippen LogP contribution in [0, 0.1) is 0 Å². The zero-order chi connectivity index (χ0) is 10.9. The fourth-order valence-electron chi connectivity index (χ4n) is 0.990. The van der Waals surface area contributed by atoms with Gasteiger partial charge in [0.2, 0.25) is 0 Å². The SMILES string of the molecule is CCOP(/C=C/c1ccccn1)OCC.[B]. The zero-order valence-electron chi connectivity index (χ0n) is 9.67. The van der Waals surface area contributed by atoms with Crippen LogP contribution in [0.1, 0.15) is 19.5 Å². The van der Waals surface area contributed by atoms with E-state index in [0.29, 0.717) is 13.2 Å². The summed E-state index contributed by atoms with van der Waals surface area (Å²) in [5, 5.41) is 0. The Morgan fingerprint density at radius 2 is 1.94 bits per heavy atom. The molecular weight excluding hydrogens is 220 g/mol. The van der Waals surface area contributed by atoms with Gasteiger partial charge in [0, 0.05) is 14.6 Å². The van der Waals surface area contributed by atoms with E-state index >= 15 is 0 Å². The van der Waals surface area contributed by atoms with Crippen molar-refractivity contribution >= 4 is 22.9 Å². The summed E-state index contributed by atoms with van der Waals surface area (Å²) >= 11 is 0. The zero-order valence-corrected chi connectivity index (χ0v) is 10.6. The summed E-state index contributed by atoms with van der Waals surface area (Å²) in [5.41, 5.74) is 0.921. The van der Waals surface area contributed by atoms with E-state index in [9.17, 15) is 0 Å². The van der Waals surface area contributed by atoms with E-state index in [4.69, 9.17) is 9.05 Å². The second kappa shape index (κ2) is 9.53. The molecule has 0 unspecified atom stereocenters. The molecule has 5 heteroatoms. The van der Waals surface area contributed by atoms with Gasteiger partial charge in [-0.05, 0) is 37.9 Å². The monoisotopic (exact) mass is 236 g/mol. The van der Waals surface area contributed by atoms with Gasteiger partial charge < -0.3 is 9.05 Å². The molecule has 0 aliphatic rings. The van der Waals surface area contributed by atoms with Gasteiger partial charge >= 0.3 is 0 Å². The second-order valence-corrected chi connectivity index (χ2v) is 4.08. The van der Waals surface area contributed by atoms with Crippen molar-refractivity contribution in [3.63, 3.8) is 0 Å². The lowest BCUT2D eigenvalue weighted by molar-refractivity contribution is 0.277. The second-order valence-electron chi connectivity index (χ2n) is 2.69. The van der Waals surface area contributed by atoms with Crippen molar-refractivity contribution in [1.82, 2.24) is 4.98 Å². The largest absolute Gasteiger partial charge is 0.331 e. The molecule has 3 radical (unpaired) electrons. The molecule has 0 spiro atoms. The highest BCUT2D eigenvalue weighted by Crippen LogP contribution is 2.39. The van der Waals surface area contributed by atoms with Crippen LogP contribution >= 0.6 is 8.38 Å². The number of rotatable bonds is 6. The van der Waals surface area contributed by atoms with Gasteiger partial charge in [-0.2, -0.15) is 0 Å². The Morgan fingerprint density at radius 3 is 2.44 bits per heavy atom. The van der Waals surface area contributed by atoms with Crippen LogP contribution in [0.3, 0.4) is 0 Å². The number of pyridine rings is 1. The molecule has 3 nitrogen and oxygen atoms in total. The van der Waals surface area contributed by atoms with Crippen LogP contribution in [0.5, 0.6) is 0 Å². The predicted octanol–water partition coefficient (Wildman–Crippen LogP) is 3.06. The van der Waals surface area contributed by atoms with Gasteiger partial charge in [0.15, 0.2) is 8.38 Å². The molecule has 1 rings (SSSR count). The summed E-state index contributed by atoms with van der Waals surface area (Å²) in [6, 6.07) is 5.80. The maximum Gasteiger partial charge on any atom is 0.197 e. The number of nitrogens with zero attached hydrogens (tertiary/aromatic N) is 1. The van der Waals surface area contributed by atoms with Crippen molar-refractivity contribution in [3.8, 4) is 0 Å². The summed E-state index contributed by atoms with van der Waals surface area (Å²) in [6.07, 6.45) is 3.69. The van der Waals surface area contributed by atoms with Gasteiger partial charge in [0.25, 0.3) is 0 Å². The minimum absolute atomic E-state index is 0. The van der Waals surface area contributed by atoms with E-state index in [-0.39, 0.29) is 8.41 Å². The first-order valence-corrected chi connectivity index (χ1v) is 6.25. The lowest BCUT2D eigenvalue weighted by Gasteiger charge is -2.10. The van der Waals surface area contributed by atoms with Gasteiger partial charge in [-0.15, -0.1) is 0 Å². The topological polar surface area (TPSA) is 31.4 Å². The average Bonchev–Trinajstić information content (AvgIpc) is 2.28. The van der Waals surface area contributed by atoms with Gasteiger partial charge in [0.1, 0.15) is 0 Å². The maximum atomic E-state index is 5.43. The predicted molar refractivity (Wildman–Crippen MR) is 69.2 cm³/mol. The molecule has 85 valence electrons. The van der Waals surface area contributed by atoms with Gasteiger partial charge in [-0.3, -0.25) is 4.98 Å². The molecule has 0 fully saturated rings. The molecule has 0 amide bonds. The highest BCUT2D eigenvalue weighted by molar-refractivity contribution is 7.50. The molecule has 1 aromatic rings. The lowest BCUT2D eigenvalue weighted by Crippen LogP contribution is -1.87. The molecule has 1 heterocycles. The van der Waals surface area contributed by atoms with Crippen molar-refractivity contribution in [2.24, 2.45) is 0 Å². The molecule has 16 heavy (non-hydrogen) atoms. The molecule has 0 saturated heterocycles. The maximum absolute atomic E-state index is 5.43. The van der Waals surface area contributed by atoms with Crippen LogP contribution < -0.4 is 0 Å². The Hall–Kier alpha value is -0.695. The van der Waals surface area contributed by atoms with Crippen LogP contribution in [-0.2, 0) is 9.05 Å². The third kappa shape index (κ3) is 6.01. The quantitative estimate of drug-likeness (QED) is 0.561. The fraction of sp³-hybridized carbons (Fsp3) is 0.364. The standard InChI is InChI=1S/C11H16NO2P.B/c1-3-13-15(14-4-2)10-8-11-7-5-6-9-12-11;/h5-10H,3-4H2,1-2H3;/b10-8+;. The first kappa shape index (κ1) is 15.3. The first-order chi connectivity index (χ1) is 7.36. The van der Waals surface area contributed by atoms with E-state index in [1.807, 2.05) is 43.9 Å². The Balaban J connectivity index is 0.00000225. The van der Waals surface area contributed by atoms with E-state index in [1.54, 1.807) is 6.20 Å². The van der Waals surface area contributed by atoms with Crippen LogP contribution in [-0.4, -0.2) is 26.6 Å². The van der Waals surface area contributed by atoms with Crippen LogP contribution in [0.4, 0.5) is 0 Å². The fourth-order valence-corrected chi connectivity index (χ4v) is 2.02. The van der Waals surface area contributed by atoms with E-state index < -0.39 is 8.38 Å². The molecule has 0 aromatic carbocycles. The number of hydrogen-bond acceptors (Lipinski definition) is 3. The van der Waals surface area contributed by atoms with E-state index in [0.717, 1.165) is 5.69 Å². The average molecular weight is 236 g/mol. The van der Waals surface area contributed by atoms with Crippen molar-refractivity contribution in [2.45, 2.75) is 13.8 Å². The first-order valence-electron chi connectivity index (χ1n) is 5.01. The van der Waals surface area contributed by atoms with Crippen molar-refractivity contribution in [2.75, 3.05) is 13.2 Å². The number of aromatic nitrogens is 1. The highest BCUT2D eigenvalue weighted by Gasteiger charge is 2.02. The minimum Gasteiger partial charge on any atom is -0.331 e. The molecule has 0 atom stereocenters.